The van der Waals surface area contributed by atoms with Crippen LogP contribution in [0.3, 0.4) is 0 Å². The number of anilines is 2. The minimum Gasteiger partial charge on any atom is -0.479 e. The fourth-order valence-corrected chi connectivity index (χ4v) is 3.82. The van der Waals surface area contributed by atoms with Gasteiger partial charge in [-0.3, -0.25) is 0 Å². The van der Waals surface area contributed by atoms with Crippen LogP contribution in [0.2, 0.25) is 0 Å². The van der Waals surface area contributed by atoms with Gasteiger partial charge in [-0.15, -0.1) is 0 Å². The fourth-order valence-electron chi connectivity index (χ4n) is 3.82. The number of carboxylic acids is 1. The van der Waals surface area contributed by atoms with E-state index in [1.807, 2.05) is 74.5 Å². The smallest absolute Gasteiger partial charge is 0.344 e. The third-order valence-electron chi connectivity index (χ3n) is 5.65. The van der Waals surface area contributed by atoms with E-state index in [1.54, 1.807) is 13.0 Å². The van der Waals surface area contributed by atoms with Gasteiger partial charge in [0.15, 0.2) is 17.6 Å². The quantitative estimate of drug-likeness (QED) is 0.242. The molecule has 34 heavy (non-hydrogen) atoms. The third-order valence-corrected chi connectivity index (χ3v) is 5.65. The molecule has 0 spiro atoms. The molecule has 0 amide bonds. The summed E-state index contributed by atoms with van der Waals surface area (Å²) in [6.45, 7) is 6.53. The first-order chi connectivity index (χ1) is 16.5. The number of aliphatic carboxylic acids is 1. The van der Waals surface area contributed by atoms with Crippen molar-refractivity contribution in [2.45, 2.75) is 33.3 Å². The van der Waals surface area contributed by atoms with E-state index in [2.05, 4.69) is 10.1 Å². The van der Waals surface area contributed by atoms with E-state index < -0.39 is 12.1 Å². The van der Waals surface area contributed by atoms with Gasteiger partial charge in [0.1, 0.15) is 12.4 Å². The molecule has 1 heterocycles. The molecule has 1 N–H and O–H groups in total. The number of hydrogen-bond acceptors (Lipinski definition) is 6. The highest BCUT2D eigenvalue weighted by atomic mass is 16.6. The molecule has 0 saturated carbocycles. The summed E-state index contributed by atoms with van der Waals surface area (Å²) in [7, 11) is 0. The number of benzene rings is 3. The summed E-state index contributed by atoms with van der Waals surface area (Å²) < 4.78 is 11.6. The lowest BCUT2D eigenvalue weighted by molar-refractivity contribution is -0.145. The van der Waals surface area contributed by atoms with Crippen molar-refractivity contribution in [3.05, 3.63) is 77.9 Å². The van der Waals surface area contributed by atoms with Crippen LogP contribution in [0.5, 0.6) is 17.2 Å². The molecule has 7 nitrogen and oxygen atoms in total. The van der Waals surface area contributed by atoms with Gasteiger partial charge in [0.2, 0.25) is 0 Å². The Labute approximate surface area is 199 Å². The summed E-state index contributed by atoms with van der Waals surface area (Å²) in [6.07, 6.45) is -0.471. The maximum Gasteiger partial charge on any atom is 0.344 e. The van der Waals surface area contributed by atoms with Gasteiger partial charge in [-0.05, 0) is 73.9 Å². The minimum atomic E-state index is -0.970. The number of carbonyl (C=O) groups is 1. The Balaban J connectivity index is 1.41. The zero-order chi connectivity index (χ0) is 24.1. The van der Waals surface area contributed by atoms with E-state index in [0.29, 0.717) is 25.3 Å². The third kappa shape index (κ3) is 4.98. The van der Waals surface area contributed by atoms with Gasteiger partial charge in [-0.2, -0.15) is 0 Å². The van der Waals surface area contributed by atoms with Crippen LogP contribution in [0.25, 0.3) is 0 Å². The molecule has 176 valence electrons. The average molecular weight is 461 g/mol. The van der Waals surface area contributed by atoms with E-state index in [-0.39, 0.29) is 0 Å². The number of fused-ring (bicyclic) bond motifs is 2. The number of nitrogens with zero attached hydrogens (tertiary/aromatic N) is 2. The van der Waals surface area contributed by atoms with Crippen molar-refractivity contribution in [2.75, 3.05) is 18.1 Å². The topological polar surface area (TPSA) is 80.6 Å². The van der Waals surface area contributed by atoms with Crippen LogP contribution in [-0.4, -0.2) is 36.0 Å². The lowest BCUT2D eigenvalue weighted by atomic mass is 10.1. The summed E-state index contributed by atoms with van der Waals surface area (Å²) in [5, 5.41) is 13.5. The number of rotatable bonds is 9. The van der Waals surface area contributed by atoms with E-state index in [4.69, 9.17) is 14.3 Å². The highest BCUT2D eigenvalue weighted by molar-refractivity contribution is 5.98. The van der Waals surface area contributed by atoms with E-state index in [9.17, 15) is 9.90 Å². The molecule has 4 rings (SSSR count). The lowest BCUT2D eigenvalue weighted by Crippen LogP contribution is -2.26. The Morgan fingerprint density at radius 3 is 2.29 bits per heavy atom. The van der Waals surface area contributed by atoms with E-state index in [0.717, 1.165) is 39.7 Å². The van der Waals surface area contributed by atoms with Gasteiger partial charge >= 0.3 is 5.97 Å². The molecule has 1 aliphatic rings. The van der Waals surface area contributed by atoms with Crippen molar-refractivity contribution in [3.63, 3.8) is 0 Å². The molecule has 1 unspecified atom stereocenters. The Morgan fingerprint density at radius 1 is 1.06 bits per heavy atom. The van der Waals surface area contributed by atoms with Crippen LogP contribution >= 0.6 is 0 Å². The predicted octanol–water partition coefficient (Wildman–Crippen LogP) is 5.92. The number of hydrogen-bond donors (Lipinski definition) is 1. The number of aryl methyl sites for hydroxylation is 1. The molecule has 0 saturated heterocycles. The minimum absolute atomic E-state index is 0.386. The second-order valence-corrected chi connectivity index (χ2v) is 8.03. The summed E-state index contributed by atoms with van der Waals surface area (Å²) in [5.41, 5.74) is 4.43. The maximum absolute atomic E-state index is 11.2. The molecule has 0 aromatic heterocycles. The lowest BCUT2D eigenvalue weighted by Gasteiger charge is -2.32. The highest BCUT2D eigenvalue weighted by Gasteiger charge is 2.23. The van der Waals surface area contributed by atoms with Gasteiger partial charge in [0, 0.05) is 0 Å². The van der Waals surface area contributed by atoms with Crippen molar-refractivity contribution >= 4 is 23.1 Å². The SMILES string of the molecule is CCC(Oc1ccc(/C(C)=N/OCCN2c3ccccc3Oc3ccccc32)cc1C)C(=O)O. The highest BCUT2D eigenvalue weighted by Crippen LogP contribution is 2.45. The molecule has 7 heteroatoms. The van der Waals surface area contributed by atoms with Crippen LogP contribution in [0.15, 0.2) is 71.9 Å². The number of carboxylic acid groups (broad SMARTS) is 1. The molecular formula is C27H28N2O5. The fraction of sp³-hybridized carbons (Fsp3) is 0.259. The van der Waals surface area contributed by atoms with Crippen molar-refractivity contribution in [3.8, 4) is 17.2 Å². The summed E-state index contributed by atoms with van der Waals surface area (Å²) >= 11 is 0. The van der Waals surface area contributed by atoms with Crippen LogP contribution < -0.4 is 14.4 Å². The van der Waals surface area contributed by atoms with Crippen LogP contribution in [0, 0.1) is 6.92 Å². The van der Waals surface area contributed by atoms with Crippen LogP contribution in [0.4, 0.5) is 11.4 Å². The van der Waals surface area contributed by atoms with Crippen molar-refractivity contribution in [2.24, 2.45) is 5.16 Å². The summed E-state index contributed by atoms with van der Waals surface area (Å²) in [4.78, 5) is 19.1. The second kappa shape index (κ2) is 10.3. The van der Waals surface area contributed by atoms with Crippen molar-refractivity contribution < 1.29 is 24.2 Å². The molecule has 0 bridgehead atoms. The monoisotopic (exact) mass is 460 g/mol. The molecule has 3 aromatic rings. The molecule has 1 atom stereocenters. The van der Waals surface area contributed by atoms with Gasteiger partial charge < -0.3 is 24.3 Å². The summed E-state index contributed by atoms with van der Waals surface area (Å²) in [6, 6.07) is 21.4. The molecule has 0 aliphatic carbocycles. The van der Waals surface area contributed by atoms with Crippen LogP contribution in [0.1, 0.15) is 31.4 Å². The normalized spacial score (nSPS) is 13.4. The molecule has 1 aliphatic heterocycles. The standard InChI is InChI=1S/C27H28N2O5/c1-4-23(27(30)31)33-24-14-13-20(17-18(24)2)19(3)28-32-16-15-29-21-9-5-7-11-25(21)34-26-12-8-6-10-22(26)29/h5-14,17,23H,4,15-16H2,1-3H3,(H,30,31)/b28-19+. The van der Waals surface area contributed by atoms with E-state index in [1.165, 1.54) is 0 Å². The Hall–Kier alpha value is -4.00. The first-order valence-corrected chi connectivity index (χ1v) is 11.3. The largest absolute Gasteiger partial charge is 0.479 e. The van der Waals surface area contributed by atoms with Crippen LogP contribution in [-0.2, 0) is 9.63 Å². The predicted molar refractivity (Wildman–Crippen MR) is 132 cm³/mol. The molecular weight excluding hydrogens is 432 g/mol. The Morgan fingerprint density at radius 2 is 1.71 bits per heavy atom. The first kappa shape index (κ1) is 23.2. The molecule has 3 aromatic carbocycles. The zero-order valence-corrected chi connectivity index (χ0v) is 19.5. The number of ether oxygens (including phenoxy) is 2. The average Bonchev–Trinajstić information content (AvgIpc) is 2.84. The van der Waals surface area contributed by atoms with Gasteiger partial charge in [0.05, 0.1) is 23.6 Å². The summed E-state index contributed by atoms with van der Waals surface area (Å²) in [5.74, 6) is 1.21. The van der Waals surface area contributed by atoms with Gasteiger partial charge in [-0.25, -0.2) is 4.79 Å². The van der Waals surface area contributed by atoms with Gasteiger partial charge in [-0.1, -0.05) is 36.3 Å². The maximum atomic E-state index is 11.2. The first-order valence-electron chi connectivity index (χ1n) is 11.3. The van der Waals surface area contributed by atoms with E-state index >= 15 is 0 Å². The zero-order valence-electron chi connectivity index (χ0n) is 19.5. The van der Waals surface area contributed by atoms with Gasteiger partial charge in [0.25, 0.3) is 0 Å². The number of oxime groups is 1. The number of para-hydroxylation sites is 4. The van der Waals surface area contributed by atoms with Crippen molar-refractivity contribution in [1.82, 2.24) is 0 Å². The Kier molecular flexibility index (Phi) is 7.01. The molecule has 0 fully saturated rings. The Bertz CT molecular complexity index is 1160. The molecule has 0 radical (unpaired) electrons. The van der Waals surface area contributed by atoms with Crippen molar-refractivity contribution in [1.29, 1.82) is 0 Å². The second-order valence-electron chi connectivity index (χ2n) is 8.03.